The van der Waals surface area contributed by atoms with Gasteiger partial charge in [0, 0.05) is 28.4 Å². The fraction of sp³-hybridized carbons (Fsp3) is 0.0435. The van der Waals surface area contributed by atoms with E-state index in [2.05, 4.69) is 0 Å². The molecular formula is C23H15ClN2O5. The van der Waals surface area contributed by atoms with E-state index in [1.807, 2.05) is 0 Å². The maximum Gasteiger partial charge on any atom is 0.300 e. The van der Waals surface area contributed by atoms with Crippen LogP contribution < -0.4 is 4.90 Å². The fourth-order valence-electron chi connectivity index (χ4n) is 3.57. The molecule has 0 bridgehead atoms. The summed E-state index contributed by atoms with van der Waals surface area (Å²) >= 11 is 6.09. The third-order valence-corrected chi connectivity index (χ3v) is 5.23. The van der Waals surface area contributed by atoms with E-state index in [1.165, 1.54) is 35.2 Å². The van der Waals surface area contributed by atoms with Gasteiger partial charge in [0.1, 0.15) is 5.76 Å². The van der Waals surface area contributed by atoms with E-state index in [0.717, 1.165) is 0 Å². The Morgan fingerprint density at radius 3 is 2.26 bits per heavy atom. The van der Waals surface area contributed by atoms with Crippen molar-refractivity contribution in [2.45, 2.75) is 6.04 Å². The molecule has 3 aromatic rings. The first-order chi connectivity index (χ1) is 14.9. The van der Waals surface area contributed by atoms with Crippen LogP contribution in [-0.4, -0.2) is 21.7 Å². The van der Waals surface area contributed by atoms with Gasteiger partial charge in [0.25, 0.3) is 17.4 Å². The van der Waals surface area contributed by atoms with Crippen LogP contribution in [0.4, 0.5) is 11.4 Å². The summed E-state index contributed by atoms with van der Waals surface area (Å²) in [5.74, 6) is -2.01. The third kappa shape index (κ3) is 3.67. The number of halogens is 1. The second-order valence-corrected chi connectivity index (χ2v) is 7.30. The topological polar surface area (TPSA) is 101 Å². The van der Waals surface area contributed by atoms with Crippen molar-refractivity contribution in [3.63, 3.8) is 0 Å². The highest BCUT2D eigenvalue weighted by Gasteiger charge is 2.47. The highest BCUT2D eigenvalue weighted by molar-refractivity contribution is 6.51. The van der Waals surface area contributed by atoms with E-state index < -0.39 is 22.7 Å². The number of carbonyl (C=O) groups excluding carboxylic acids is 2. The summed E-state index contributed by atoms with van der Waals surface area (Å²) in [7, 11) is 0. The van der Waals surface area contributed by atoms with Crippen LogP contribution in [0.5, 0.6) is 0 Å². The number of ketones is 1. The molecule has 1 atom stereocenters. The zero-order valence-corrected chi connectivity index (χ0v) is 16.7. The maximum atomic E-state index is 13.0. The lowest BCUT2D eigenvalue weighted by atomic mass is 9.95. The largest absolute Gasteiger partial charge is 0.507 e. The number of nitro benzene ring substituents is 1. The molecule has 1 aliphatic rings. The Kier molecular flexibility index (Phi) is 5.27. The number of rotatable bonds is 4. The zero-order valence-electron chi connectivity index (χ0n) is 15.9. The smallest absolute Gasteiger partial charge is 0.300 e. The van der Waals surface area contributed by atoms with Crippen molar-refractivity contribution in [2.75, 3.05) is 4.90 Å². The molecule has 0 aromatic heterocycles. The molecule has 3 aromatic carbocycles. The Bertz CT molecular complexity index is 1220. The van der Waals surface area contributed by atoms with Gasteiger partial charge in [0.2, 0.25) is 0 Å². The van der Waals surface area contributed by atoms with E-state index in [1.54, 1.807) is 48.5 Å². The van der Waals surface area contributed by atoms with Crippen LogP contribution in [-0.2, 0) is 9.59 Å². The molecule has 0 aliphatic carbocycles. The lowest BCUT2D eigenvalue weighted by molar-refractivity contribution is -0.384. The van der Waals surface area contributed by atoms with Crippen molar-refractivity contribution in [3.05, 3.63) is 111 Å². The number of anilines is 1. The Morgan fingerprint density at radius 2 is 1.65 bits per heavy atom. The summed E-state index contributed by atoms with van der Waals surface area (Å²) in [6.45, 7) is 0. The summed E-state index contributed by atoms with van der Waals surface area (Å²) in [6, 6.07) is 19.3. The van der Waals surface area contributed by atoms with Crippen LogP contribution in [0.1, 0.15) is 17.2 Å². The highest BCUT2D eigenvalue weighted by Crippen LogP contribution is 2.42. The van der Waals surface area contributed by atoms with Crippen LogP contribution in [0.15, 0.2) is 84.4 Å². The van der Waals surface area contributed by atoms with Crippen molar-refractivity contribution in [1.29, 1.82) is 0 Å². The molecule has 7 nitrogen and oxygen atoms in total. The first-order valence-corrected chi connectivity index (χ1v) is 9.62. The first kappa shape index (κ1) is 20.3. The third-order valence-electron chi connectivity index (χ3n) is 5.00. The molecule has 1 N–H and O–H groups in total. The maximum absolute atomic E-state index is 13.0. The van der Waals surface area contributed by atoms with E-state index in [0.29, 0.717) is 21.8 Å². The first-order valence-electron chi connectivity index (χ1n) is 9.25. The molecule has 1 saturated heterocycles. The van der Waals surface area contributed by atoms with Gasteiger partial charge in [-0.1, -0.05) is 48.0 Å². The minimum absolute atomic E-state index is 0.106. The number of aliphatic hydroxyl groups is 1. The predicted octanol–water partition coefficient (Wildman–Crippen LogP) is 4.87. The van der Waals surface area contributed by atoms with Crippen molar-refractivity contribution < 1.29 is 19.6 Å². The predicted molar refractivity (Wildman–Crippen MR) is 116 cm³/mol. The lowest BCUT2D eigenvalue weighted by Gasteiger charge is -2.25. The van der Waals surface area contributed by atoms with Crippen LogP contribution in [0.3, 0.4) is 0 Å². The lowest BCUT2D eigenvalue weighted by Crippen LogP contribution is -2.29. The highest BCUT2D eigenvalue weighted by atomic mass is 35.5. The van der Waals surface area contributed by atoms with Gasteiger partial charge in [0.05, 0.1) is 16.5 Å². The van der Waals surface area contributed by atoms with Gasteiger partial charge in [-0.2, -0.15) is 0 Å². The summed E-state index contributed by atoms with van der Waals surface area (Å²) in [5, 5.41) is 22.4. The molecule has 1 heterocycles. The van der Waals surface area contributed by atoms with Gasteiger partial charge in [0.15, 0.2) is 0 Å². The molecule has 4 rings (SSSR count). The fourth-order valence-corrected chi connectivity index (χ4v) is 3.75. The number of amides is 1. The number of nitrogens with zero attached hydrogens (tertiary/aromatic N) is 2. The number of Topliss-reactive ketones (excluding diaryl/α,β-unsaturated/α-hetero) is 1. The molecule has 1 fully saturated rings. The molecule has 8 heteroatoms. The molecule has 0 saturated carbocycles. The van der Waals surface area contributed by atoms with Crippen molar-refractivity contribution in [3.8, 4) is 0 Å². The number of carbonyl (C=O) groups is 2. The van der Waals surface area contributed by atoms with E-state index in [4.69, 9.17) is 11.6 Å². The number of non-ortho nitro benzene ring substituents is 1. The van der Waals surface area contributed by atoms with Crippen molar-refractivity contribution in [1.82, 2.24) is 0 Å². The van der Waals surface area contributed by atoms with Gasteiger partial charge in [-0.05, 0) is 35.9 Å². The van der Waals surface area contributed by atoms with Gasteiger partial charge in [-0.15, -0.1) is 0 Å². The molecule has 0 radical (unpaired) electrons. The van der Waals surface area contributed by atoms with E-state index in [9.17, 15) is 24.8 Å². The van der Waals surface area contributed by atoms with Crippen LogP contribution in [0.25, 0.3) is 5.76 Å². The Morgan fingerprint density at radius 1 is 0.968 bits per heavy atom. The molecule has 154 valence electrons. The average molecular weight is 435 g/mol. The SMILES string of the molecule is O=C1C(=O)N(c2cccc(Cl)c2)C(c2ccc([N+](=O)[O-])cc2)/C1=C(/O)c1ccccc1. The average Bonchev–Trinajstić information content (AvgIpc) is 3.04. The van der Waals surface area contributed by atoms with Gasteiger partial charge in [-0.3, -0.25) is 24.6 Å². The molecular weight excluding hydrogens is 420 g/mol. The Balaban J connectivity index is 1.94. The normalized spacial score (nSPS) is 17.7. The molecule has 1 unspecified atom stereocenters. The van der Waals surface area contributed by atoms with Gasteiger partial charge >= 0.3 is 0 Å². The van der Waals surface area contributed by atoms with Crippen LogP contribution in [0.2, 0.25) is 5.02 Å². The minimum Gasteiger partial charge on any atom is -0.507 e. The number of hydrogen-bond donors (Lipinski definition) is 1. The summed E-state index contributed by atoms with van der Waals surface area (Å²) in [6.07, 6.45) is 0. The number of benzene rings is 3. The van der Waals surface area contributed by atoms with E-state index >= 15 is 0 Å². The van der Waals surface area contributed by atoms with Crippen LogP contribution in [0, 0.1) is 10.1 Å². The minimum atomic E-state index is -0.987. The number of hydrogen-bond acceptors (Lipinski definition) is 5. The summed E-state index contributed by atoms with van der Waals surface area (Å²) in [5.41, 5.74) is 0.933. The molecule has 31 heavy (non-hydrogen) atoms. The Hall–Kier alpha value is -3.97. The quantitative estimate of drug-likeness (QED) is 0.207. The summed E-state index contributed by atoms with van der Waals surface area (Å²) in [4.78, 5) is 37.7. The molecule has 0 spiro atoms. The molecule has 1 aliphatic heterocycles. The van der Waals surface area contributed by atoms with Crippen molar-refractivity contribution in [2.24, 2.45) is 0 Å². The number of nitro groups is 1. The van der Waals surface area contributed by atoms with Crippen LogP contribution >= 0.6 is 11.6 Å². The van der Waals surface area contributed by atoms with E-state index in [-0.39, 0.29) is 17.0 Å². The Labute approximate surface area is 182 Å². The van der Waals surface area contributed by atoms with Gasteiger partial charge in [-0.25, -0.2) is 0 Å². The van der Waals surface area contributed by atoms with Crippen molar-refractivity contribution >= 4 is 40.4 Å². The molecule has 1 amide bonds. The standard InChI is InChI=1S/C23H15ClN2O5/c24-16-7-4-8-18(13-16)25-20(14-9-11-17(12-10-14)26(30)31)19(22(28)23(25)29)21(27)15-5-2-1-3-6-15/h1-13,20,27H/b21-19-. The monoisotopic (exact) mass is 434 g/mol. The zero-order chi connectivity index (χ0) is 22.1. The second kappa shape index (κ2) is 8.04. The second-order valence-electron chi connectivity index (χ2n) is 6.86. The summed E-state index contributed by atoms with van der Waals surface area (Å²) < 4.78 is 0. The number of aliphatic hydroxyl groups excluding tert-OH is 1. The van der Waals surface area contributed by atoms with Gasteiger partial charge < -0.3 is 5.11 Å².